The number of hydrogen-bond acceptors (Lipinski definition) is 3. The maximum absolute atomic E-state index is 13.5. The van der Waals surface area contributed by atoms with Crippen molar-refractivity contribution in [2.45, 2.75) is 6.54 Å². The molecular formula is C12H20FN3. The maximum atomic E-state index is 13.5. The van der Waals surface area contributed by atoms with E-state index in [1.165, 1.54) is 6.07 Å². The molecule has 90 valence electrons. The molecule has 1 aromatic rings. The van der Waals surface area contributed by atoms with Gasteiger partial charge in [-0.2, -0.15) is 0 Å². The summed E-state index contributed by atoms with van der Waals surface area (Å²) in [5.41, 5.74) is 6.86. The van der Waals surface area contributed by atoms with Gasteiger partial charge in [0.15, 0.2) is 0 Å². The van der Waals surface area contributed by atoms with E-state index in [4.69, 9.17) is 5.73 Å². The summed E-state index contributed by atoms with van der Waals surface area (Å²) in [5, 5.41) is 0. The highest BCUT2D eigenvalue weighted by Crippen LogP contribution is 2.16. The molecule has 0 fully saturated rings. The number of anilines is 1. The van der Waals surface area contributed by atoms with E-state index >= 15 is 0 Å². The normalized spacial score (nSPS) is 11.4. The topological polar surface area (TPSA) is 32.5 Å². The number of rotatable bonds is 5. The monoisotopic (exact) mass is 225 g/mol. The van der Waals surface area contributed by atoms with Crippen molar-refractivity contribution in [1.29, 1.82) is 0 Å². The third-order valence-electron chi connectivity index (χ3n) is 2.51. The predicted molar refractivity (Wildman–Crippen MR) is 65.7 cm³/mol. The van der Waals surface area contributed by atoms with Crippen LogP contribution in [0.3, 0.4) is 0 Å². The first-order valence-electron chi connectivity index (χ1n) is 5.37. The Morgan fingerprint density at radius 2 is 1.88 bits per heavy atom. The van der Waals surface area contributed by atoms with Crippen molar-refractivity contribution in [3.05, 3.63) is 29.6 Å². The van der Waals surface area contributed by atoms with Crippen LogP contribution in [0.25, 0.3) is 0 Å². The van der Waals surface area contributed by atoms with E-state index in [0.29, 0.717) is 17.8 Å². The minimum Gasteiger partial charge on any atom is -0.398 e. The molecule has 1 rings (SSSR count). The number of nitrogens with zero attached hydrogens (tertiary/aromatic N) is 2. The first kappa shape index (κ1) is 12.9. The lowest BCUT2D eigenvalue weighted by atomic mass is 10.1. The van der Waals surface area contributed by atoms with Crippen LogP contribution >= 0.6 is 0 Å². The van der Waals surface area contributed by atoms with Gasteiger partial charge in [0, 0.05) is 30.9 Å². The van der Waals surface area contributed by atoms with Crippen LogP contribution in [0.1, 0.15) is 5.56 Å². The Morgan fingerprint density at radius 3 is 2.44 bits per heavy atom. The Hall–Kier alpha value is -1.13. The highest BCUT2D eigenvalue weighted by Gasteiger charge is 2.08. The molecule has 0 saturated carbocycles. The van der Waals surface area contributed by atoms with Crippen LogP contribution in [0.4, 0.5) is 10.1 Å². The Labute approximate surface area is 96.6 Å². The van der Waals surface area contributed by atoms with Crippen molar-refractivity contribution >= 4 is 5.69 Å². The summed E-state index contributed by atoms with van der Waals surface area (Å²) in [7, 11) is 6.01. The summed E-state index contributed by atoms with van der Waals surface area (Å²) in [5.74, 6) is -0.225. The summed E-state index contributed by atoms with van der Waals surface area (Å²) in [4.78, 5) is 4.16. The predicted octanol–water partition coefficient (Wildman–Crippen LogP) is 1.40. The smallest absolute Gasteiger partial charge is 0.129 e. The molecule has 2 N–H and O–H groups in total. The fourth-order valence-electron chi connectivity index (χ4n) is 1.46. The SMILES string of the molecule is CN(C)CCN(C)Cc1c(N)cccc1F. The van der Waals surface area contributed by atoms with Gasteiger partial charge in [-0.05, 0) is 33.3 Å². The van der Waals surface area contributed by atoms with Gasteiger partial charge in [0.1, 0.15) is 5.82 Å². The highest BCUT2D eigenvalue weighted by molar-refractivity contribution is 5.47. The van der Waals surface area contributed by atoms with Crippen molar-refractivity contribution in [3.8, 4) is 0 Å². The first-order chi connectivity index (χ1) is 7.50. The molecular weight excluding hydrogens is 205 g/mol. The van der Waals surface area contributed by atoms with E-state index in [2.05, 4.69) is 9.80 Å². The molecule has 4 heteroatoms. The minimum atomic E-state index is -0.225. The van der Waals surface area contributed by atoms with E-state index in [-0.39, 0.29) is 5.82 Å². The number of halogens is 1. The molecule has 0 amide bonds. The summed E-state index contributed by atoms with van der Waals surface area (Å²) < 4.78 is 13.5. The number of nitrogens with two attached hydrogens (primary N) is 1. The van der Waals surface area contributed by atoms with Gasteiger partial charge in [-0.25, -0.2) is 4.39 Å². The fourth-order valence-corrected chi connectivity index (χ4v) is 1.46. The molecule has 3 nitrogen and oxygen atoms in total. The minimum absolute atomic E-state index is 0.225. The Bertz CT molecular complexity index is 319. The Morgan fingerprint density at radius 1 is 1.19 bits per heavy atom. The second-order valence-corrected chi connectivity index (χ2v) is 4.35. The molecule has 16 heavy (non-hydrogen) atoms. The van der Waals surface area contributed by atoms with Crippen molar-refractivity contribution in [2.75, 3.05) is 40.0 Å². The number of nitrogen functional groups attached to an aromatic ring is 1. The highest BCUT2D eigenvalue weighted by atomic mass is 19.1. The van der Waals surface area contributed by atoms with Crippen molar-refractivity contribution in [2.24, 2.45) is 0 Å². The van der Waals surface area contributed by atoms with Crippen LogP contribution in [-0.2, 0) is 6.54 Å². The van der Waals surface area contributed by atoms with Gasteiger partial charge in [-0.1, -0.05) is 6.07 Å². The zero-order valence-electron chi connectivity index (χ0n) is 10.2. The van der Waals surface area contributed by atoms with Crippen molar-refractivity contribution in [3.63, 3.8) is 0 Å². The van der Waals surface area contributed by atoms with Gasteiger partial charge in [-0.3, -0.25) is 0 Å². The standard InChI is InChI=1S/C12H20FN3/c1-15(2)7-8-16(3)9-10-11(13)5-4-6-12(10)14/h4-6H,7-9,14H2,1-3H3. The van der Waals surface area contributed by atoms with Gasteiger partial charge in [0.25, 0.3) is 0 Å². The molecule has 0 unspecified atom stereocenters. The summed E-state index contributed by atoms with van der Waals surface area (Å²) >= 11 is 0. The van der Waals surface area contributed by atoms with Gasteiger partial charge >= 0.3 is 0 Å². The lowest BCUT2D eigenvalue weighted by Crippen LogP contribution is -2.28. The molecule has 0 atom stereocenters. The Balaban J connectivity index is 2.59. The van der Waals surface area contributed by atoms with E-state index in [9.17, 15) is 4.39 Å². The summed E-state index contributed by atoms with van der Waals surface area (Å²) in [6.07, 6.45) is 0. The maximum Gasteiger partial charge on any atom is 0.129 e. The lowest BCUT2D eigenvalue weighted by Gasteiger charge is -2.20. The van der Waals surface area contributed by atoms with Crippen LogP contribution in [0, 0.1) is 5.82 Å². The second kappa shape index (κ2) is 5.82. The molecule has 0 saturated heterocycles. The lowest BCUT2D eigenvalue weighted by molar-refractivity contribution is 0.274. The molecule has 0 aromatic heterocycles. The van der Waals surface area contributed by atoms with E-state index in [0.717, 1.165) is 13.1 Å². The van der Waals surface area contributed by atoms with E-state index < -0.39 is 0 Å². The zero-order valence-corrected chi connectivity index (χ0v) is 10.2. The quantitative estimate of drug-likeness (QED) is 0.769. The molecule has 0 aliphatic carbocycles. The third-order valence-corrected chi connectivity index (χ3v) is 2.51. The van der Waals surface area contributed by atoms with Gasteiger partial charge in [0.05, 0.1) is 0 Å². The summed E-state index contributed by atoms with van der Waals surface area (Å²) in [6.45, 7) is 2.39. The first-order valence-corrected chi connectivity index (χ1v) is 5.37. The van der Waals surface area contributed by atoms with Crippen molar-refractivity contribution < 1.29 is 4.39 Å². The molecule has 0 heterocycles. The molecule has 0 bridgehead atoms. The van der Waals surface area contributed by atoms with Crippen LogP contribution in [0.15, 0.2) is 18.2 Å². The summed E-state index contributed by atoms with van der Waals surface area (Å²) in [6, 6.07) is 4.82. The Kier molecular flexibility index (Phi) is 4.71. The molecule has 0 radical (unpaired) electrons. The van der Waals surface area contributed by atoms with Crippen molar-refractivity contribution in [1.82, 2.24) is 9.80 Å². The van der Waals surface area contributed by atoms with E-state index in [1.807, 2.05) is 21.1 Å². The van der Waals surface area contributed by atoms with Gasteiger partial charge in [-0.15, -0.1) is 0 Å². The zero-order chi connectivity index (χ0) is 12.1. The molecule has 0 spiro atoms. The van der Waals surface area contributed by atoms with Gasteiger partial charge < -0.3 is 15.5 Å². The number of benzene rings is 1. The average molecular weight is 225 g/mol. The molecule has 1 aromatic carbocycles. The number of hydrogen-bond donors (Lipinski definition) is 1. The molecule has 0 aliphatic heterocycles. The van der Waals surface area contributed by atoms with Crippen LogP contribution in [0.2, 0.25) is 0 Å². The van der Waals surface area contributed by atoms with Crippen LogP contribution in [0.5, 0.6) is 0 Å². The van der Waals surface area contributed by atoms with Crippen LogP contribution in [-0.4, -0.2) is 44.0 Å². The average Bonchev–Trinajstić information content (AvgIpc) is 2.21. The van der Waals surface area contributed by atoms with Crippen LogP contribution < -0.4 is 5.73 Å². The number of likely N-dealkylation sites (N-methyl/N-ethyl adjacent to an activating group) is 2. The largest absolute Gasteiger partial charge is 0.398 e. The molecule has 0 aliphatic rings. The fraction of sp³-hybridized carbons (Fsp3) is 0.500. The third kappa shape index (κ3) is 3.79. The van der Waals surface area contributed by atoms with E-state index in [1.54, 1.807) is 12.1 Å². The second-order valence-electron chi connectivity index (χ2n) is 4.35. The van der Waals surface area contributed by atoms with Gasteiger partial charge in [0.2, 0.25) is 0 Å².